The number of likely N-dealkylation sites (tertiary alicyclic amines) is 1. The van der Waals surface area contributed by atoms with Crippen LogP contribution >= 0.6 is 11.3 Å². The number of thiazole rings is 1. The van der Waals surface area contributed by atoms with Crippen LogP contribution in [0.15, 0.2) is 42.5 Å². The van der Waals surface area contributed by atoms with E-state index < -0.39 is 0 Å². The number of benzene rings is 2. The second-order valence-corrected chi connectivity index (χ2v) is 7.97. The molecular formula is C21H22N2OS. The number of amides is 1. The van der Waals surface area contributed by atoms with Crippen molar-refractivity contribution in [1.82, 2.24) is 9.88 Å². The molecule has 1 aliphatic rings. The summed E-state index contributed by atoms with van der Waals surface area (Å²) < 4.78 is 1.23. The van der Waals surface area contributed by atoms with Crippen molar-refractivity contribution < 1.29 is 4.79 Å². The van der Waals surface area contributed by atoms with Crippen LogP contribution in [0.1, 0.15) is 45.3 Å². The molecule has 25 heavy (non-hydrogen) atoms. The van der Waals surface area contributed by atoms with Gasteiger partial charge in [0.2, 0.25) is 0 Å². The Balaban J connectivity index is 1.55. The van der Waals surface area contributed by atoms with Gasteiger partial charge in [-0.15, -0.1) is 11.3 Å². The number of aryl methyl sites for hydroxylation is 2. The lowest BCUT2D eigenvalue weighted by Gasteiger charge is -2.32. The first kappa shape index (κ1) is 16.3. The number of rotatable bonds is 2. The van der Waals surface area contributed by atoms with E-state index in [0.29, 0.717) is 5.92 Å². The van der Waals surface area contributed by atoms with Crippen LogP contribution in [0.5, 0.6) is 0 Å². The van der Waals surface area contributed by atoms with Crippen LogP contribution in [-0.2, 0) is 0 Å². The number of carbonyl (C=O) groups excluding carboxylic acids is 1. The Hall–Kier alpha value is -2.20. The summed E-state index contributed by atoms with van der Waals surface area (Å²) in [7, 11) is 0. The summed E-state index contributed by atoms with van der Waals surface area (Å²) in [5.74, 6) is 0.496. The van der Waals surface area contributed by atoms with Crippen LogP contribution in [0.4, 0.5) is 0 Å². The predicted octanol–water partition coefficient (Wildman–Crippen LogP) is 4.93. The second-order valence-electron chi connectivity index (χ2n) is 6.91. The minimum atomic E-state index is 0.147. The molecule has 1 aromatic heterocycles. The summed E-state index contributed by atoms with van der Waals surface area (Å²) in [6, 6.07) is 14.3. The van der Waals surface area contributed by atoms with Crippen LogP contribution < -0.4 is 0 Å². The molecule has 0 spiro atoms. The molecule has 2 heterocycles. The first-order valence-corrected chi connectivity index (χ1v) is 9.65. The average Bonchev–Trinajstić information content (AvgIpc) is 3.08. The molecule has 2 aromatic carbocycles. The molecule has 1 fully saturated rings. The number of piperidine rings is 1. The standard InChI is InChI=1S/C21H22N2OS/c1-14-9-10-16(12-15(14)2)21(24)23-11-5-6-17(13-23)20-22-18-7-3-4-8-19(18)25-20/h3-4,7-10,12,17H,5-6,11,13H2,1-2H3/t17-/m0/s1. The number of carbonyl (C=O) groups is 1. The fraction of sp³-hybridized carbons (Fsp3) is 0.333. The van der Waals surface area contributed by atoms with Crippen molar-refractivity contribution in [3.05, 3.63) is 64.2 Å². The molecule has 3 aromatic rings. The Labute approximate surface area is 152 Å². The number of para-hydroxylation sites is 1. The van der Waals surface area contributed by atoms with Crippen LogP contribution in [0, 0.1) is 13.8 Å². The van der Waals surface area contributed by atoms with E-state index in [4.69, 9.17) is 4.98 Å². The third-order valence-electron chi connectivity index (χ3n) is 5.12. The molecule has 4 rings (SSSR count). The van der Waals surface area contributed by atoms with Gasteiger partial charge in [0, 0.05) is 24.6 Å². The number of aromatic nitrogens is 1. The number of hydrogen-bond acceptors (Lipinski definition) is 3. The van der Waals surface area contributed by atoms with Crippen molar-refractivity contribution in [3.8, 4) is 0 Å². The van der Waals surface area contributed by atoms with Crippen molar-refractivity contribution >= 4 is 27.5 Å². The summed E-state index contributed by atoms with van der Waals surface area (Å²) in [6.07, 6.45) is 2.15. The van der Waals surface area contributed by atoms with Gasteiger partial charge in [0.1, 0.15) is 0 Å². The van der Waals surface area contributed by atoms with Crippen LogP contribution in [0.2, 0.25) is 0 Å². The second kappa shape index (κ2) is 6.60. The third-order valence-corrected chi connectivity index (χ3v) is 6.32. The minimum absolute atomic E-state index is 0.147. The van der Waals surface area contributed by atoms with Crippen LogP contribution in [0.25, 0.3) is 10.2 Å². The molecular weight excluding hydrogens is 328 g/mol. The van der Waals surface area contributed by atoms with E-state index in [-0.39, 0.29) is 5.91 Å². The van der Waals surface area contributed by atoms with Gasteiger partial charge in [-0.3, -0.25) is 4.79 Å². The van der Waals surface area contributed by atoms with Gasteiger partial charge in [0.15, 0.2) is 0 Å². The summed E-state index contributed by atoms with van der Waals surface area (Å²) in [5, 5.41) is 1.17. The van der Waals surface area contributed by atoms with Gasteiger partial charge in [-0.1, -0.05) is 18.2 Å². The highest BCUT2D eigenvalue weighted by Crippen LogP contribution is 2.33. The molecule has 1 amide bonds. The van der Waals surface area contributed by atoms with Crippen LogP contribution in [-0.4, -0.2) is 28.9 Å². The highest BCUT2D eigenvalue weighted by atomic mass is 32.1. The Kier molecular flexibility index (Phi) is 4.30. The Morgan fingerprint density at radius 1 is 1.16 bits per heavy atom. The smallest absolute Gasteiger partial charge is 0.253 e. The zero-order chi connectivity index (χ0) is 17.4. The van der Waals surface area contributed by atoms with E-state index in [0.717, 1.165) is 37.0 Å². The van der Waals surface area contributed by atoms with Gasteiger partial charge in [-0.25, -0.2) is 4.98 Å². The molecule has 128 valence electrons. The molecule has 0 bridgehead atoms. The summed E-state index contributed by atoms with van der Waals surface area (Å²) in [5.41, 5.74) is 4.27. The molecule has 4 heteroatoms. The van der Waals surface area contributed by atoms with E-state index >= 15 is 0 Å². The lowest BCUT2D eigenvalue weighted by molar-refractivity contribution is 0.0707. The van der Waals surface area contributed by atoms with Gasteiger partial charge in [-0.2, -0.15) is 0 Å². The monoisotopic (exact) mass is 350 g/mol. The molecule has 1 saturated heterocycles. The molecule has 3 nitrogen and oxygen atoms in total. The largest absolute Gasteiger partial charge is 0.338 e. The van der Waals surface area contributed by atoms with E-state index in [1.54, 1.807) is 11.3 Å². The van der Waals surface area contributed by atoms with Gasteiger partial charge >= 0.3 is 0 Å². The quantitative estimate of drug-likeness (QED) is 0.656. The number of nitrogens with zero attached hydrogens (tertiary/aromatic N) is 2. The van der Waals surface area contributed by atoms with Gasteiger partial charge in [0.25, 0.3) is 5.91 Å². The summed E-state index contributed by atoms with van der Waals surface area (Å²) >= 11 is 1.77. The lowest BCUT2D eigenvalue weighted by Crippen LogP contribution is -2.39. The van der Waals surface area contributed by atoms with E-state index in [1.807, 2.05) is 29.2 Å². The van der Waals surface area contributed by atoms with Crippen molar-refractivity contribution in [2.24, 2.45) is 0 Å². The maximum atomic E-state index is 12.9. The summed E-state index contributed by atoms with van der Waals surface area (Å²) in [6.45, 7) is 5.75. The lowest BCUT2D eigenvalue weighted by atomic mass is 9.97. The molecule has 0 saturated carbocycles. The molecule has 1 atom stereocenters. The fourth-order valence-corrected chi connectivity index (χ4v) is 4.58. The topological polar surface area (TPSA) is 33.2 Å². The average molecular weight is 350 g/mol. The van der Waals surface area contributed by atoms with Crippen molar-refractivity contribution in [1.29, 1.82) is 0 Å². The Morgan fingerprint density at radius 3 is 2.80 bits per heavy atom. The molecule has 1 aliphatic heterocycles. The Morgan fingerprint density at radius 2 is 2.00 bits per heavy atom. The maximum Gasteiger partial charge on any atom is 0.253 e. The van der Waals surface area contributed by atoms with E-state index in [1.165, 1.54) is 20.8 Å². The molecule has 0 aliphatic carbocycles. The summed E-state index contributed by atoms with van der Waals surface area (Å²) in [4.78, 5) is 19.7. The SMILES string of the molecule is Cc1ccc(C(=O)N2CCC[C@H](c3nc4ccccc4s3)C2)cc1C. The number of fused-ring (bicyclic) bond motifs is 1. The molecule has 0 N–H and O–H groups in total. The Bertz CT molecular complexity index is 898. The highest BCUT2D eigenvalue weighted by molar-refractivity contribution is 7.18. The first-order chi connectivity index (χ1) is 12.1. The van der Waals surface area contributed by atoms with E-state index in [2.05, 4.69) is 32.0 Å². The van der Waals surface area contributed by atoms with Crippen molar-refractivity contribution in [2.45, 2.75) is 32.6 Å². The molecule has 0 unspecified atom stereocenters. The first-order valence-electron chi connectivity index (χ1n) is 8.84. The highest BCUT2D eigenvalue weighted by Gasteiger charge is 2.27. The third kappa shape index (κ3) is 3.19. The van der Waals surface area contributed by atoms with Gasteiger partial charge in [-0.05, 0) is 62.1 Å². The predicted molar refractivity (Wildman–Crippen MR) is 103 cm³/mol. The van der Waals surface area contributed by atoms with Crippen molar-refractivity contribution in [2.75, 3.05) is 13.1 Å². The zero-order valence-corrected chi connectivity index (χ0v) is 15.5. The van der Waals surface area contributed by atoms with Crippen molar-refractivity contribution in [3.63, 3.8) is 0 Å². The van der Waals surface area contributed by atoms with Gasteiger partial charge < -0.3 is 4.90 Å². The van der Waals surface area contributed by atoms with Gasteiger partial charge in [0.05, 0.1) is 15.2 Å². The number of hydrogen-bond donors (Lipinski definition) is 0. The van der Waals surface area contributed by atoms with Crippen LogP contribution in [0.3, 0.4) is 0 Å². The molecule has 0 radical (unpaired) electrons. The normalized spacial score (nSPS) is 17.8. The maximum absolute atomic E-state index is 12.9. The minimum Gasteiger partial charge on any atom is -0.338 e. The van der Waals surface area contributed by atoms with E-state index in [9.17, 15) is 4.79 Å². The fourth-order valence-electron chi connectivity index (χ4n) is 3.48. The zero-order valence-electron chi connectivity index (χ0n) is 14.7.